The van der Waals surface area contributed by atoms with Crippen LogP contribution in [0.1, 0.15) is 101 Å². The monoisotopic (exact) mass is 1120 g/mol. The molecule has 1 amide bonds. The second-order valence-corrected chi connectivity index (χ2v) is 28.1. The minimum Gasteiger partial charge on any atom is -0.388 e. The van der Waals surface area contributed by atoms with Gasteiger partial charge in [-0.1, -0.05) is 27.7 Å². The van der Waals surface area contributed by atoms with Crippen molar-refractivity contribution < 1.29 is 68.3 Å². The standard InChI is InChI=1S/C62H97N2O14P/c1-14-51-62(10,71)55(67)44(6)64(52(65)30-31-73-32-33-74-34-35-79(46-24-18-15-19-25-46,47-26-20-16-21-27-47)48-28-22-17-23-29-48)39-40(2)37-60(8,70)57(78-59-54(66)49(63(11)12)36-41(3)75-59)42(4)53(43(5)58(69)77-51)50-38-61(9,72-13)56(68)45(7)76-50/h15-29,40-45,49-51,53-57,59,66-68,70-71,79H,14,30-39H2,1-13H3/t40-,41-,42+,43-,44-,45+,49+,50?,51-,53+,54-,55-,56+,57-,59+,60-,61-,62-/m1/s1. The van der Waals surface area contributed by atoms with Gasteiger partial charge in [0.25, 0.3) is 0 Å². The van der Waals surface area contributed by atoms with Crippen LogP contribution in [0.25, 0.3) is 0 Å². The Bertz CT molecular complexity index is 2240. The Balaban J connectivity index is 1.24. The van der Waals surface area contributed by atoms with Gasteiger partial charge in [0.15, 0.2) is 6.29 Å². The van der Waals surface area contributed by atoms with Crippen LogP contribution in [0.5, 0.6) is 0 Å². The van der Waals surface area contributed by atoms with E-state index in [2.05, 4.69) is 72.8 Å². The van der Waals surface area contributed by atoms with E-state index in [0.717, 1.165) is 6.16 Å². The van der Waals surface area contributed by atoms with Gasteiger partial charge in [0.05, 0.1) is 41.5 Å². The SMILES string of the molecule is CC[C@H]1OC(=O)[C@H](C)[C@@H](C2C[C@@](C)(OC)[C@@H](O)[C@H](C)O2)[C@H](C)[C@@H](O[C@@H]2O[C@H](C)C[C@H](N(C)C)[C@H]2O)[C@](C)(O)C[C@@H](C)CN(C(=O)CCOCCOCC[PH](c2ccccc2)(c2ccccc2)c2ccccc2)[C@H](C)[C@@H](O)[C@]1(C)O. The van der Waals surface area contributed by atoms with Gasteiger partial charge in [-0.15, -0.1) is 0 Å². The molecule has 0 saturated carbocycles. The van der Waals surface area contributed by atoms with E-state index in [1.165, 1.54) is 34.8 Å². The number of hydrogen-bond donors (Lipinski definition) is 5. The molecule has 0 bridgehead atoms. The van der Waals surface area contributed by atoms with Gasteiger partial charge in [0, 0.05) is 25.5 Å². The predicted molar refractivity (Wildman–Crippen MR) is 310 cm³/mol. The van der Waals surface area contributed by atoms with Crippen LogP contribution in [0.4, 0.5) is 0 Å². The normalized spacial score (nSPS) is 36.7. The first-order valence-corrected chi connectivity index (χ1v) is 31.0. The summed E-state index contributed by atoms with van der Waals surface area (Å²) in [6.07, 6.45) is -7.41. The first kappa shape index (κ1) is 64.7. The van der Waals surface area contributed by atoms with E-state index in [9.17, 15) is 35.1 Å². The number of aliphatic hydroxyl groups excluding tert-OH is 3. The summed E-state index contributed by atoms with van der Waals surface area (Å²) in [6.45, 7) is 18.6. The molecule has 5 N–H and O–H groups in total. The summed E-state index contributed by atoms with van der Waals surface area (Å²) in [7, 11) is 2.78. The van der Waals surface area contributed by atoms with Gasteiger partial charge in [-0.2, -0.15) is 0 Å². The van der Waals surface area contributed by atoms with E-state index in [1.807, 2.05) is 58.0 Å². The molecule has 0 aliphatic carbocycles. The number of cyclic esters (lactones) is 1. The molecule has 3 fully saturated rings. The zero-order valence-corrected chi connectivity index (χ0v) is 50.4. The van der Waals surface area contributed by atoms with E-state index in [-0.39, 0.29) is 63.5 Å². The van der Waals surface area contributed by atoms with Crippen molar-refractivity contribution in [3.63, 3.8) is 0 Å². The number of benzene rings is 3. The Morgan fingerprint density at radius 1 is 0.772 bits per heavy atom. The van der Waals surface area contributed by atoms with Gasteiger partial charge in [-0.25, -0.2) is 0 Å². The number of amides is 1. The Hall–Kier alpha value is -3.45. The van der Waals surface area contributed by atoms with Crippen LogP contribution in [0.15, 0.2) is 91.0 Å². The number of esters is 1. The molecule has 17 heteroatoms. The number of likely N-dealkylation sites (N-methyl/N-ethyl adjacent to an activating group) is 1. The molecule has 3 aliphatic heterocycles. The van der Waals surface area contributed by atoms with Crippen molar-refractivity contribution in [2.24, 2.45) is 23.7 Å². The van der Waals surface area contributed by atoms with Gasteiger partial charge in [0.2, 0.25) is 0 Å². The minimum absolute atomic E-state index is 0.0510. The number of carbonyl (C=O) groups is 2. The summed E-state index contributed by atoms with van der Waals surface area (Å²) in [5.74, 6) is -3.98. The molecular weight excluding hydrogens is 1030 g/mol. The predicted octanol–water partition coefficient (Wildman–Crippen LogP) is 5.22. The van der Waals surface area contributed by atoms with Crippen molar-refractivity contribution in [1.29, 1.82) is 0 Å². The number of carbonyl (C=O) groups excluding carboxylic acids is 2. The van der Waals surface area contributed by atoms with Crippen molar-refractivity contribution in [1.82, 2.24) is 9.80 Å². The Morgan fingerprint density at radius 2 is 1.32 bits per heavy atom. The summed E-state index contributed by atoms with van der Waals surface area (Å²) >= 11 is 0. The van der Waals surface area contributed by atoms with Gasteiger partial charge >= 0.3 is 216 Å². The third kappa shape index (κ3) is 15.0. The average Bonchev–Trinajstić information content (AvgIpc) is 3.49. The smallest absolute Gasteiger partial charge is 0.388 e. The topological polar surface area (TPSA) is 206 Å². The van der Waals surface area contributed by atoms with E-state index >= 15 is 0 Å². The van der Waals surface area contributed by atoms with E-state index in [4.69, 9.17) is 33.2 Å². The molecule has 0 radical (unpaired) electrons. The number of nitrogens with zero attached hydrogens (tertiary/aromatic N) is 2. The van der Waals surface area contributed by atoms with Gasteiger partial charge in [-0.05, 0) is 73.9 Å². The van der Waals surface area contributed by atoms with Crippen molar-refractivity contribution in [2.45, 2.75) is 185 Å². The molecule has 1 unspecified atom stereocenters. The molecule has 6 rings (SSSR count). The molecule has 79 heavy (non-hydrogen) atoms. The van der Waals surface area contributed by atoms with E-state index in [0.29, 0.717) is 19.6 Å². The molecule has 3 heterocycles. The minimum atomic E-state index is -2.50. The number of aliphatic hydroxyl groups is 5. The fourth-order valence-electron chi connectivity index (χ4n) is 13.3. The van der Waals surface area contributed by atoms with Crippen LogP contribution in [0.2, 0.25) is 0 Å². The number of hydrogen-bond acceptors (Lipinski definition) is 15. The number of rotatable bonds is 18. The molecule has 0 spiro atoms. The molecule has 3 aliphatic rings. The third-order valence-corrected chi connectivity index (χ3v) is 22.7. The van der Waals surface area contributed by atoms with Crippen LogP contribution in [0, 0.1) is 23.7 Å². The molecule has 444 valence electrons. The molecule has 16 nitrogen and oxygen atoms in total. The van der Waals surface area contributed by atoms with Gasteiger partial charge in [0.1, 0.15) is 23.9 Å². The molecule has 0 aromatic heterocycles. The van der Waals surface area contributed by atoms with E-state index in [1.54, 1.807) is 41.5 Å². The first-order chi connectivity index (χ1) is 37.3. The fraction of sp³-hybridized carbons (Fsp3) is 0.677. The summed E-state index contributed by atoms with van der Waals surface area (Å²) in [4.78, 5) is 32.9. The average molecular weight is 1130 g/mol. The molecule has 18 atom stereocenters. The molecule has 3 aromatic carbocycles. The van der Waals surface area contributed by atoms with Crippen LogP contribution in [-0.2, 0) is 42.7 Å². The quantitative estimate of drug-likeness (QED) is 0.0629. The Morgan fingerprint density at radius 3 is 1.84 bits per heavy atom. The zero-order valence-electron chi connectivity index (χ0n) is 49.4. The zero-order chi connectivity index (χ0) is 58.0. The second-order valence-electron chi connectivity index (χ2n) is 24.1. The van der Waals surface area contributed by atoms with Crippen LogP contribution < -0.4 is 15.9 Å². The summed E-state index contributed by atoms with van der Waals surface area (Å²) in [5.41, 5.74) is -4.84. The van der Waals surface area contributed by atoms with Gasteiger partial charge < -0.3 is 54.1 Å². The number of methoxy groups -OCH3 is 1. The first-order valence-electron chi connectivity index (χ1n) is 28.8. The Labute approximate surface area is 471 Å². The van der Waals surface area contributed by atoms with Crippen LogP contribution in [-0.4, -0.2) is 192 Å². The second kappa shape index (κ2) is 28.2. The fourth-order valence-corrected chi connectivity index (χ4v) is 17.9. The van der Waals surface area contributed by atoms with Crippen molar-refractivity contribution in [3.05, 3.63) is 91.0 Å². The van der Waals surface area contributed by atoms with Crippen molar-refractivity contribution in [2.75, 3.05) is 60.3 Å². The van der Waals surface area contributed by atoms with Crippen molar-refractivity contribution >= 4 is 35.1 Å². The maximum absolute atomic E-state index is 14.8. The summed E-state index contributed by atoms with van der Waals surface area (Å²) < 4.78 is 44.4. The summed E-state index contributed by atoms with van der Waals surface area (Å²) in [6, 6.07) is 30.7. The molecule has 3 saturated heterocycles. The van der Waals surface area contributed by atoms with Gasteiger partial charge in [-0.3, -0.25) is 4.79 Å². The maximum atomic E-state index is 14.8. The summed E-state index contributed by atoms with van der Waals surface area (Å²) in [5, 5.41) is 64.7. The molecule has 3 aromatic rings. The van der Waals surface area contributed by atoms with Crippen LogP contribution in [0.3, 0.4) is 0 Å². The van der Waals surface area contributed by atoms with Crippen LogP contribution >= 0.6 is 7.26 Å². The van der Waals surface area contributed by atoms with Crippen molar-refractivity contribution in [3.8, 4) is 0 Å². The van der Waals surface area contributed by atoms with E-state index < -0.39 is 109 Å². The molecular formula is C62H97N2O14P. The number of ether oxygens (including phenoxy) is 7. The third-order valence-electron chi connectivity index (χ3n) is 17.8. The Kier molecular flexibility index (Phi) is 23.1.